The fourth-order valence-electron chi connectivity index (χ4n) is 12.3. The van der Waals surface area contributed by atoms with E-state index in [1.807, 2.05) is 119 Å². The summed E-state index contributed by atoms with van der Waals surface area (Å²) in [7, 11) is 20.0. The van der Waals surface area contributed by atoms with Crippen molar-refractivity contribution in [2.75, 3.05) is 0 Å². The minimum atomic E-state index is -1.01. The lowest BCUT2D eigenvalue weighted by atomic mass is 10.00. The number of aromatic nitrogens is 8. The first kappa shape index (κ1) is 91.1. The van der Waals surface area contributed by atoms with Crippen molar-refractivity contribution >= 4 is 234 Å². The van der Waals surface area contributed by atoms with E-state index in [1.54, 1.807) is 146 Å². The molecule has 2 saturated heterocycles. The number of benzene rings is 4. The summed E-state index contributed by atoms with van der Waals surface area (Å²) in [5.74, 6) is -0.412. The van der Waals surface area contributed by atoms with Crippen molar-refractivity contribution in [3.05, 3.63) is 168 Å². The summed E-state index contributed by atoms with van der Waals surface area (Å²) in [6.07, 6.45) is 9.74. The molecule has 0 radical (unpaired) electrons. The first-order chi connectivity index (χ1) is 52.2. The Morgan fingerprint density at radius 3 is 1.23 bits per heavy atom. The zero-order valence-corrected chi connectivity index (χ0v) is 73.8. The smallest absolute Gasteiger partial charge is 0.411 e. The summed E-state index contributed by atoms with van der Waals surface area (Å²) in [6.45, 7) is 15.0. The average Bonchev–Trinajstić information content (AvgIpc) is 1.59. The molecule has 2 saturated carbocycles. The van der Waals surface area contributed by atoms with E-state index in [4.69, 9.17) is 9.84 Å². The van der Waals surface area contributed by atoms with Gasteiger partial charge in [-0.05, 0) is 144 Å². The molecule has 586 valence electrons. The number of carbonyl (C=O) groups is 7. The van der Waals surface area contributed by atoms with Crippen molar-refractivity contribution in [3.8, 4) is 22.3 Å². The van der Waals surface area contributed by atoms with E-state index in [0.29, 0.717) is 69.3 Å². The number of Topliss-reactive ketones (excluding diaryl/α,β-unsaturated/α-hetero) is 4. The molecule has 19 nitrogen and oxygen atoms in total. The number of amides is 2. The van der Waals surface area contributed by atoms with Crippen LogP contribution in [0.25, 0.3) is 55.2 Å². The van der Waals surface area contributed by atoms with Gasteiger partial charge in [-0.1, -0.05) is 80.2 Å². The van der Waals surface area contributed by atoms with Crippen LogP contribution in [0.1, 0.15) is 151 Å². The molecule has 0 unspecified atom stereocenters. The Labute approximate surface area is 694 Å². The number of piperidine rings is 2. The van der Waals surface area contributed by atoms with Crippen molar-refractivity contribution in [3.63, 3.8) is 0 Å². The molecule has 110 heavy (non-hydrogen) atoms. The predicted molar refractivity (Wildman–Crippen MR) is 475 cm³/mol. The van der Waals surface area contributed by atoms with Gasteiger partial charge in [-0.3, -0.25) is 43.0 Å². The van der Waals surface area contributed by atoms with Gasteiger partial charge in [-0.15, -0.1) is 0 Å². The number of nitrogens with zero attached hydrogens (tertiary/aromatic N) is 10. The SMILES string of the molecule is C.C/C(=C(/F)CCC(=O)[C@@H]1C[C@H]2C[C@H]2N1C(=O)OC(C)(C)C)c1ccccc1.CC(=O)c1nn(CC(=O)N2[C@@H]3C[C@@H]3C[C@H]2C(=O)CC/C(F)=C(\C)c2ccccc2)c2ccc(-c3cnc(C)nc3)cc12.CC(=O)c1nn(CC(=O)O)c2ccc(-c3cnc(C)nc3)cc12.S=S=S=S=S=S=S=S.S=S=S=S=S=S=S=S=S. The Bertz CT molecular complexity index is 5420. The summed E-state index contributed by atoms with van der Waals surface area (Å²) < 4.78 is 37.8. The van der Waals surface area contributed by atoms with Crippen LogP contribution in [0.2, 0.25) is 0 Å². The number of fused-ring (bicyclic) bond motifs is 4. The van der Waals surface area contributed by atoms with E-state index in [1.165, 1.54) is 54.1 Å². The summed E-state index contributed by atoms with van der Waals surface area (Å²) in [5.41, 5.74) is 7.20. The van der Waals surface area contributed by atoms with Gasteiger partial charge in [-0.2, -0.15) is 10.2 Å². The molecule has 2 amide bonds. The Balaban J connectivity index is 0.000000214. The topological polar surface area (TPSA) is 243 Å². The molecule has 4 aromatic carbocycles. The van der Waals surface area contributed by atoms with Crippen LogP contribution in [0.15, 0.2) is 134 Å². The van der Waals surface area contributed by atoms with Crippen LogP contribution in [-0.2, 0) is 197 Å². The van der Waals surface area contributed by atoms with Crippen molar-refractivity contribution in [2.45, 2.75) is 164 Å². The molecule has 2 aliphatic carbocycles. The van der Waals surface area contributed by atoms with E-state index in [0.717, 1.165) is 46.2 Å². The van der Waals surface area contributed by atoms with Crippen LogP contribution in [0.3, 0.4) is 0 Å². The maximum atomic E-state index is 14.9. The highest BCUT2D eigenvalue weighted by atomic mass is 33.4. The van der Waals surface area contributed by atoms with Gasteiger partial charge in [0.15, 0.2) is 23.1 Å². The van der Waals surface area contributed by atoms with Crippen molar-refractivity contribution < 1.29 is 52.2 Å². The van der Waals surface area contributed by atoms with Gasteiger partial charge in [0, 0.05) is 258 Å². The Hall–Kier alpha value is -6.05. The molecule has 0 bridgehead atoms. The van der Waals surface area contributed by atoms with Crippen LogP contribution >= 0.6 is 0 Å². The molecule has 4 fully saturated rings. The number of ether oxygens (including phenoxy) is 1. The van der Waals surface area contributed by atoms with Gasteiger partial charge in [0.05, 0.1) is 23.1 Å². The zero-order chi connectivity index (χ0) is 79.1. The molecule has 4 aliphatic rings. The van der Waals surface area contributed by atoms with Gasteiger partial charge in [0.2, 0.25) is 5.91 Å². The second-order valence-electron chi connectivity index (χ2n) is 25.9. The molecule has 4 aromatic heterocycles. The minimum Gasteiger partial charge on any atom is -0.480 e. The first-order valence-electron chi connectivity index (χ1n) is 33.4. The number of hydrogen-bond donors (Lipinski definition) is 1. The average molecular weight is 1810 g/mol. The highest BCUT2D eigenvalue weighted by molar-refractivity contribution is 8.72. The number of likely N-dealkylation sites (tertiary alicyclic amines) is 2. The molecular formula is C72H78F2N10O9S17. The molecule has 12 rings (SSSR count). The molecule has 8 aromatic rings. The van der Waals surface area contributed by atoms with Crippen molar-refractivity contribution in [1.82, 2.24) is 49.3 Å². The summed E-state index contributed by atoms with van der Waals surface area (Å²) in [5, 5.41) is 18.9. The summed E-state index contributed by atoms with van der Waals surface area (Å²) in [4.78, 5) is 108. The van der Waals surface area contributed by atoms with E-state index in [-0.39, 0.29) is 110 Å². The number of aryl methyl sites for hydroxylation is 2. The standard InChI is InChI=1S/C33H32FN5O3.C22H28FNO3.C16H14N4O3.CH4.S9.S8/c1-19(22-7-5-4-6-8-22)27(34)10-12-31(41)30-15-24-14-29(24)39(30)32(42)18-38-28-11-9-23(25-16-35-21(3)36-17-25)13-26(28)33(37-38)20(2)40;1-14(15-8-6-5-7-9-15)17(23)10-11-20(25)19-13-16-12-18(16)24(19)21(26)27-22(2,3)4;1-9(21)16-13-5-11(12-6-17-10(2)18-7-12)3-4-14(13)20(19-16)8-15(22)23;;1-3-5-7-9-8-6-4-2;1-3-5-7-8-6-4-2/h4-9,11,13,16-17,24,29-30H,10,12,14-15,18H2,1-3H3;5-9,16,18-19H,10-13H2,1-4H3;3-7H,8H2,1-2H3,(H,22,23);1H4;;/b27-19-;17-14-;;;;/t24-,29-,30+;16-,18-,19+;;;;/m11..../s1. The molecule has 1 N–H and O–H groups in total. The van der Waals surface area contributed by atoms with E-state index >= 15 is 0 Å². The number of hydrogen-bond acceptors (Lipinski definition) is 18. The molecule has 6 heterocycles. The minimum absolute atomic E-state index is 0. The Morgan fingerprint density at radius 1 is 0.500 bits per heavy atom. The number of carboxylic acid groups (broad SMARTS) is 1. The Kier molecular flexibility index (Phi) is 36.9. The number of aliphatic carboxylic acids is 1. The second kappa shape index (κ2) is 44.6. The van der Waals surface area contributed by atoms with Gasteiger partial charge >= 0.3 is 12.1 Å². The third-order valence-corrected chi connectivity index (χ3v) is 42.0. The van der Waals surface area contributed by atoms with Gasteiger partial charge < -0.3 is 14.7 Å². The number of halogens is 2. The molecule has 38 heteroatoms. The lowest BCUT2D eigenvalue weighted by molar-refractivity contribution is -0.139. The number of ketones is 4. The summed E-state index contributed by atoms with van der Waals surface area (Å²) >= 11 is 18.5. The van der Waals surface area contributed by atoms with E-state index < -0.39 is 29.7 Å². The number of carboxylic acids is 1. The van der Waals surface area contributed by atoms with Gasteiger partial charge in [0.25, 0.3) is 0 Å². The van der Waals surface area contributed by atoms with E-state index in [9.17, 15) is 42.3 Å². The highest BCUT2D eigenvalue weighted by Gasteiger charge is 2.57. The molecule has 0 spiro atoms. The molecule has 6 atom stereocenters. The summed E-state index contributed by atoms with van der Waals surface area (Å²) in [6, 6.07) is 28.7. The third kappa shape index (κ3) is 26.5. The van der Waals surface area contributed by atoms with E-state index in [2.05, 4.69) is 74.9 Å². The van der Waals surface area contributed by atoms with Crippen LogP contribution in [0, 0.1) is 25.7 Å². The second-order valence-corrected chi connectivity index (χ2v) is 48.9. The van der Waals surface area contributed by atoms with Gasteiger partial charge in [-0.25, -0.2) is 33.5 Å². The quantitative estimate of drug-likeness (QED) is 0.0785. The zero-order valence-electron chi connectivity index (χ0n) is 60.0. The fourth-order valence-corrected chi connectivity index (χ4v) is 37.0. The highest BCUT2D eigenvalue weighted by Crippen LogP contribution is 2.50. The van der Waals surface area contributed by atoms with Crippen molar-refractivity contribution in [1.29, 1.82) is 0 Å². The largest absolute Gasteiger partial charge is 0.480 e. The third-order valence-electron chi connectivity index (χ3n) is 17.5. The van der Waals surface area contributed by atoms with Crippen LogP contribution in [0.5, 0.6) is 0 Å². The lowest BCUT2D eigenvalue weighted by Crippen LogP contribution is -2.45. The maximum Gasteiger partial charge on any atom is 0.411 e. The number of rotatable bonds is 18. The first-order valence-corrected chi connectivity index (χ1v) is 53.4. The molecule has 2 aliphatic heterocycles. The number of carbonyl (C=O) groups excluding carboxylic acids is 6. The monoisotopic (exact) mass is 1810 g/mol. The number of allylic oxidation sites excluding steroid dienone is 4. The van der Waals surface area contributed by atoms with Crippen molar-refractivity contribution in [2.24, 2.45) is 11.8 Å². The predicted octanol–water partition coefficient (Wildman–Crippen LogP) is 13.6. The Morgan fingerprint density at radius 2 is 0.864 bits per heavy atom. The van der Waals surface area contributed by atoms with Crippen LogP contribution < -0.4 is 0 Å². The normalized spacial score (nSPS) is 17.0. The van der Waals surface area contributed by atoms with Gasteiger partial charge in [0.1, 0.15) is 53.4 Å². The fraction of sp³-hybridized carbons (Fsp3) is 0.375. The lowest BCUT2D eigenvalue weighted by Gasteiger charge is -2.29. The maximum absolute atomic E-state index is 14.9. The molecular weight excluding hydrogens is 1730 g/mol. The van der Waals surface area contributed by atoms with Crippen LogP contribution in [0.4, 0.5) is 13.6 Å². The van der Waals surface area contributed by atoms with Crippen LogP contribution in [-0.4, -0.2) is 125 Å².